The zero-order chi connectivity index (χ0) is 42.3. The summed E-state index contributed by atoms with van der Waals surface area (Å²) >= 11 is 0.911. The molecule has 1 aromatic carbocycles. The molecule has 5 atom stereocenters. The van der Waals surface area contributed by atoms with E-state index in [-0.39, 0.29) is 36.0 Å². The molecule has 0 spiro atoms. The van der Waals surface area contributed by atoms with Gasteiger partial charge in [-0.2, -0.15) is 0 Å². The predicted octanol–water partition coefficient (Wildman–Crippen LogP) is -2.09. The molecule has 1 aliphatic rings. The van der Waals surface area contributed by atoms with Crippen molar-refractivity contribution in [2.45, 2.75) is 76.2 Å². The van der Waals surface area contributed by atoms with Gasteiger partial charge in [0.2, 0.25) is 41.4 Å². The van der Waals surface area contributed by atoms with Crippen LogP contribution in [0.5, 0.6) is 5.75 Å². The molecule has 1 saturated carbocycles. The van der Waals surface area contributed by atoms with Gasteiger partial charge in [-0.25, -0.2) is 4.79 Å². The van der Waals surface area contributed by atoms with E-state index in [1.807, 2.05) is 13.8 Å². The van der Waals surface area contributed by atoms with Crippen molar-refractivity contribution >= 4 is 59.1 Å². The molecule has 0 radical (unpaired) electrons. The Bertz CT molecular complexity index is 1760. The van der Waals surface area contributed by atoms with Crippen molar-refractivity contribution in [2.75, 3.05) is 24.7 Å². The van der Waals surface area contributed by atoms with Crippen LogP contribution in [0.1, 0.15) is 44.7 Å². The number of nitrogens with zero attached hydrogens (tertiary/aromatic N) is 1. The van der Waals surface area contributed by atoms with Crippen molar-refractivity contribution in [3.05, 3.63) is 59.9 Å². The number of nitrogens with one attached hydrogen (secondary N) is 5. The van der Waals surface area contributed by atoms with Crippen molar-refractivity contribution in [3.63, 3.8) is 0 Å². The van der Waals surface area contributed by atoms with Crippen molar-refractivity contribution in [3.8, 4) is 5.75 Å². The van der Waals surface area contributed by atoms with Crippen LogP contribution in [-0.4, -0.2) is 117 Å². The third-order valence-corrected chi connectivity index (χ3v) is 10.2. The van der Waals surface area contributed by atoms with Gasteiger partial charge in [0, 0.05) is 36.9 Å². The molecule has 1 heterocycles. The number of aromatic nitrogens is 1. The maximum atomic E-state index is 13.6. The van der Waals surface area contributed by atoms with Crippen LogP contribution in [0.4, 0.5) is 0 Å². The molecule has 1 aliphatic carbocycles. The molecule has 3 rings (SSSR count). The molecule has 310 valence electrons. The standard InChI is InChI=1S/C37H50N8O11S/c1-20(2)21(3)32(51)43-27(16-46)34(53)44-28(35(54)45-37(10-11-37)36(39)55)18-57-19-29(47)41-26(15-23-8-12-40-13-9-23)33(52)42-25(31(38)50)14-22-4-6-24(7-5-22)56-17-30(48)49/h4-9,12-13,20-21,25-28,46H,10-11,14-19H2,1-3H3,(H2,38,50)(H2,39,55)(H,41,47)(H,42,52)(H,43,51)(H,44,53)(H,45,54)(H,48,49)/t21-,25-,26-,27-,28-/m0/s1. The first-order valence-electron chi connectivity index (χ1n) is 18.1. The fraction of sp³-hybridized carbons (Fsp3) is 0.486. The van der Waals surface area contributed by atoms with E-state index in [0.29, 0.717) is 24.0 Å². The van der Waals surface area contributed by atoms with Gasteiger partial charge in [-0.3, -0.25) is 38.5 Å². The summed E-state index contributed by atoms with van der Waals surface area (Å²) in [6, 6.07) is 4.28. The Morgan fingerprint density at radius 3 is 1.88 bits per heavy atom. The highest BCUT2D eigenvalue weighted by Gasteiger charge is 2.50. The average Bonchev–Trinajstić information content (AvgIpc) is 3.96. The summed E-state index contributed by atoms with van der Waals surface area (Å²) in [5.74, 6) is -7.07. The Balaban J connectivity index is 1.70. The van der Waals surface area contributed by atoms with Crippen LogP contribution in [-0.2, 0) is 51.2 Å². The molecule has 0 aliphatic heterocycles. The van der Waals surface area contributed by atoms with Crippen LogP contribution >= 0.6 is 11.8 Å². The van der Waals surface area contributed by atoms with Gasteiger partial charge in [0.1, 0.15) is 35.5 Å². The molecular formula is C37H50N8O11S. The number of amides is 7. The fourth-order valence-electron chi connectivity index (χ4n) is 5.20. The number of primary amides is 2. The van der Waals surface area contributed by atoms with Crippen molar-refractivity contribution in [1.82, 2.24) is 31.6 Å². The molecule has 0 bridgehead atoms. The van der Waals surface area contributed by atoms with Gasteiger partial charge in [-0.05, 0) is 54.2 Å². The lowest BCUT2D eigenvalue weighted by Crippen LogP contribution is -2.59. The number of pyridine rings is 1. The molecule has 11 N–H and O–H groups in total. The number of carbonyl (C=O) groups excluding carboxylic acids is 7. The topological polar surface area (TPSA) is 311 Å². The predicted molar refractivity (Wildman–Crippen MR) is 206 cm³/mol. The van der Waals surface area contributed by atoms with Gasteiger partial charge < -0.3 is 53.0 Å². The maximum Gasteiger partial charge on any atom is 0.341 e. The molecule has 57 heavy (non-hydrogen) atoms. The summed E-state index contributed by atoms with van der Waals surface area (Å²) in [5.41, 5.74) is 11.0. The number of carboxylic acids is 1. The SMILES string of the molecule is CC(C)[C@H](C)C(=O)N[C@@H](CO)C(=O)N[C@@H](CSCC(=O)N[C@@H](Cc1ccncc1)C(=O)N[C@@H](Cc1ccc(OCC(=O)O)cc1)C(N)=O)C(=O)NC1(C(N)=O)CC1. The van der Waals surface area contributed by atoms with Crippen LogP contribution in [0.25, 0.3) is 0 Å². The van der Waals surface area contributed by atoms with Gasteiger partial charge in [0.15, 0.2) is 6.61 Å². The molecule has 20 heteroatoms. The van der Waals surface area contributed by atoms with Crippen LogP contribution in [0.15, 0.2) is 48.8 Å². The summed E-state index contributed by atoms with van der Waals surface area (Å²) in [6.07, 6.45) is 3.54. The number of carboxylic acid groups (broad SMARTS) is 1. The third kappa shape index (κ3) is 14.7. The molecule has 1 aromatic heterocycles. The van der Waals surface area contributed by atoms with Crippen molar-refractivity contribution < 1.29 is 53.3 Å². The quantitative estimate of drug-likeness (QED) is 0.0550. The number of hydrogen-bond acceptors (Lipinski definition) is 12. The van der Waals surface area contributed by atoms with E-state index in [4.69, 9.17) is 21.3 Å². The van der Waals surface area contributed by atoms with E-state index in [1.54, 1.807) is 31.2 Å². The lowest BCUT2D eigenvalue weighted by molar-refractivity contribution is -0.139. The van der Waals surface area contributed by atoms with Gasteiger partial charge in [-0.15, -0.1) is 11.8 Å². The van der Waals surface area contributed by atoms with Crippen LogP contribution in [0, 0.1) is 11.8 Å². The molecular weight excluding hydrogens is 765 g/mol. The molecule has 1 fully saturated rings. The van der Waals surface area contributed by atoms with Crippen molar-refractivity contribution in [1.29, 1.82) is 0 Å². The minimum atomic E-state index is -1.40. The van der Waals surface area contributed by atoms with Crippen LogP contribution in [0.3, 0.4) is 0 Å². The highest BCUT2D eigenvalue weighted by atomic mass is 32.2. The number of ether oxygens (including phenoxy) is 1. The van der Waals surface area contributed by atoms with Crippen LogP contribution in [0.2, 0.25) is 0 Å². The Morgan fingerprint density at radius 1 is 0.772 bits per heavy atom. The normalized spacial score (nSPS) is 15.4. The average molecular weight is 815 g/mol. The van der Waals surface area contributed by atoms with E-state index in [9.17, 15) is 43.5 Å². The number of nitrogens with two attached hydrogens (primary N) is 2. The lowest BCUT2D eigenvalue weighted by atomic mass is 9.97. The van der Waals surface area contributed by atoms with E-state index < -0.39 is 96.2 Å². The summed E-state index contributed by atoms with van der Waals surface area (Å²) in [6.45, 7) is 3.98. The largest absolute Gasteiger partial charge is 0.482 e. The number of rotatable bonds is 24. The summed E-state index contributed by atoms with van der Waals surface area (Å²) in [5, 5.41) is 31.5. The zero-order valence-corrected chi connectivity index (χ0v) is 32.6. The van der Waals surface area contributed by atoms with Crippen molar-refractivity contribution in [2.24, 2.45) is 23.3 Å². The number of aliphatic hydroxyl groups excluding tert-OH is 1. The first-order valence-corrected chi connectivity index (χ1v) is 19.2. The van der Waals surface area contributed by atoms with E-state index in [1.165, 1.54) is 24.5 Å². The Morgan fingerprint density at radius 2 is 1.33 bits per heavy atom. The first-order chi connectivity index (χ1) is 26.9. The number of aliphatic carboxylic acids is 1. The minimum Gasteiger partial charge on any atom is -0.482 e. The number of thioether (sulfide) groups is 1. The molecule has 19 nitrogen and oxygen atoms in total. The summed E-state index contributed by atoms with van der Waals surface area (Å²) in [7, 11) is 0. The number of carbonyl (C=O) groups is 8. The second-order valence-electron chi connectivity index (χ2n) is 14.0. The van der Waals surface area contributed by atoms with Gasteiger partial charge >= 0.3 is 5.97 Å². The Hall–Kier alpha value is -5.76. The van der Waals surface area contributed by atoms with Gasteiger partial charge in [0.05, 0.1) is 12.4 Å². The fourth-order valence-corrected chi connectivity index (χ4v) is 6.06. The second kappa shape index (κ2) is 21.5. The highest BCUT2D eigenvalue weighted by Crippen LogP contribution is 2.35. The number of aliphatic hydroxyl groups is 1. The van der Waals surface area contributed by atoms with Gasteiger partial charge in [0.25, 0.3) is 0 Å². The Labute approximate surface area is 333 Å². The number of hydrogen-bond donors (Lipinski definition) is 9. The number of benzene rings is 1. The van der Waals surface area contributed by atoms with E-state index in [0.717, 1.165) is 11.8 Å². The smallest absolute Gasteiger partial charge is 0.341 e. The first kappa shape index (κ1) is 45.6. The van der Waals surface area contributed by atoms with Crippen LogP contribution < -0.4 is 42.8 Å². The van der Waals surface area contributed by atoms with Gasteiger partial charge in [-0.1, -0.05) is 32.9 Å². The molecule has 2 aromatic rings. The Kier molecular flexibility index (Phi) is 17.2. The second-order valence-corrected chi connectivity index (χ2v) is 15.0. The summed E-state index contributed by atoms with van der Waals surface area (Å²) in [4.78, 5) is 105. The third-order valence-electron chi connectivity index (χ3n) is 9.19. The highest BCUT2D eigenvalue weighted by molar-refractivity contribution is 8.00. The lowest BCUT2D eigenvalue weighted by Gasteiger charge is -2.25. The minimum absolute atomic E-state index is 0.00810. The molecule has 0 unspecified atom stereocenters. The monoisotopic (exact) mass is 814 g/mol. The molecule has 0 saturated heterocycles. The maximum absolute atomic E-state index is 13.6. The van der Waals surface area contributed by atoms with E-state index in [2.05, 4.69) is 31.6 Å². The van der Waals surface area contributed by atoms with E-state index >= 15 is 0 Å². The summed E-state index contributed by atoms with van der Waals surface area (Å²) < 4.78 is 5.12. The zero-order valence-electron chi connectivity index (χ0n) is 31.8. The molecule has 7 amide bonds.